The third kappa shape index (κ3) is 5.19. The fourth-order valence-corrected chi connectivity index (χ4v) is 2.34. The first-order chi connectivity index (χ1) is 8.81. The molecule has 6 heteroatoms. The van der Waals surface area contributed by atoms with Gasteiger partial charge in [0.25, 0.3) is 0 Å². The second kappa shape index (κ2) is 9.86. The van der Waals surface area contributed by atoms with Crippen molar-refractivity contribution in [2.24, 2.45) is 0 Å². The van der Waals surface area contributed by atoms with Gasteiger partial charge in [-0.1, -0.05) is 12.1 Å². The summed E-state index contributed by atoms with van der Waals surface area (Å²) in [4.78, 5) is 14.0. The molecule has 4 nitrogen and oxygen atoms in total. The number of anilines is 2. The molecular formula is C14H23Cl2N3O. The number of rotatable bonds is 4. The quantitative estimate of drug-likeness (QED) is 0.896. The van der Waals surface area contributed by atoms with Crippen molar-refractivity contribution < 1.29 is 4.79 Å². The highest BCUT2D eigenvalue weighted by Gasteiger charge is 2.14. The largest absolute Gasteiger partial charge is 0.370 e. The number of benzene rings is 1. The average Bonchev–Trinajstić information content (AvgIpc) is 2.40. The number of hydrogen-bond donors (Lipinski definition) is 2. The molecule has 1 heterocycles. The molecule has 0 saturated carbocycles. The molecule has 0 radical (unpaired) electrons. The standard InChI is InChI=1S/C14H21N3O.2ClH/c1-15-11-14(18)16-12-7-3-4-8-13(12)17-9-5-2-6-10-17;;/h3-4,7-8,15H,2,5-6,9-11H2,1H3,(H,16,18);2*1H. The minimum Gasteiger partial charge on any atom is -0.370 e. The molecule has 1 aromatic carbocycles. The van der Waals surface area contributed by atoms with E-state index in [1.165, 1.54) is 19.3 Å². The molecule has 0 aromatic heterocycles. The molecule has 1 saturated heterocycles. The van der Waals surface area contributed by atoms with Crippen LogP contribution >= 0.6 is 24.8 Å². The van der Waals surface area contributed by atoms with Gasteiger partial charge in [-0.15, -0.1) is 24.8 Å². The van der Waals surface area contributed by atoms with Gasteiger partial charge in [0.05, 0.1) is 17.9 Å². The average molecular weight is 320 g/mol. The van der Waals surface area contributed by atoms with Crippen molar-refractivity contribution in [3.8, 4) is 0 Å². The summed E-state index contributed by atoms with van der Waals surface area (Å²) in [6.45, 7) is 2.51. The van der Waals surface area contributed by atoms with E-state index in [2.05, 4.69) is 21.6 Å². The molecule has 1 fully saturated rings. The van der Waals surface area contributed by atoms with Gasteiger partial charge >= 0.3 is 0 Å². The van der Waals surface area contributed by atoms with Crippen LogP contribution in [0.15, 0.2) is 24.3 Å². The molecule has 114 valence electrons. The molecule has 1 amide bonds. The van der Waals surface area contributed by atoms with Crippen LogP contribution in [-0.4, -0.2) is 32.6 Å². The SMILES string of the molecule is CNCC(=O)Nc1ccccc1N1CCCCC1.Cl.Cl. The summed E-state index contributed by atoms with van der Waals surface area (Å²) in [5.74, 6) is 0.00181. The minimum absolute atomic E-state index is 0. The summed E-state index contributed by atoms with van der Waals surface area (Å²) in [7, 11) is 1.77. The van der Waals surface area contributed by atoms with E-state index in [0.717, 1.165) is 24.5 Å². The number of nitrogens with one attached hydrogen (secondary N) is 2. The van der Waals surface area contributed by atoms with Crippen LogP contribution in [0.4, 0.5) is 11.4 Å². The van der Waals surface area contributed by atoms with E-state index in [-0.39, 0.29) is 30.7 Å². The van der Waals surface area contributed by atoms with Crippen molar-refractivity contribution in [1.82, 2.24) is 5.32 Å². The van der Waals surface area contributed by atoms with Crippen LogP contribution in [0.5, 0.6) is 0 Å². The lowest BCUT2D eigenvalue weighted by Crippen LogP contribution is -2.31. The Morgan fingerprint density at radius 1 is 1.15 bits per heavy atom. The van der Waals surface area contributed by atoms with E-state index < -0.39 is 0 Å². The third-order valence-electron chi connectivity index (χ3n) is 3.21. The summed E-state index contributed by atoms with van der Waals surface area (Å²) in [5, 5.41) is 5.83. The highest BCUT2D eigenvalue weighted by molar-refractivity contribution is 5.95. The van der Waals surface area contributed by atoms with Crippen molar-refractivity contribution in [3.05, 3.63) is 24.3 Å². The van der Waals surface area contributed by atoms with Crippen molar-refractivity contribution in [2.75, 3.05) is 36.9 Å². The summed E-state index contributed by atoms with van der Waals surface area (Å²) in [6.07, 6.45) is 3.78. The number of hydrogen-bond acceptors (Lipinski definition) is 3. The molecule has 0 spiro atoms. The van der Waals surface area contributed by atoms with Gasteiger partial charge in [-0.3, -0.25) is 4.79 Å². The van der Waals surface area contributed by atoms with Crippen molar-refractivity contribution in [3.63, 3.8) is 0 Å². The Morgan fingerprint density at radius 3 is 2.45 bits per heavy atom. The number of para-hydroxylation sites is 2. The highest BCUT2D eigenvalue weighted by Crippen LogP contribution is 2.27. The Hall–Kier alpha value is -0.970. The van der Waals surface area contributed by atoms with Crippen LogP contribution in [0.2, 0.25) is 0 Å². The Labute approximate surface area is 133 Å². The molecule has 1 aliphatic heterocycles. The van der Waals surface area contributed by atoms with Crippen LogP contribution in [0, 0.1) is 0 Å². The van der Waals surface area contributed by atoms with E-state index in [4.69, 9.17) is 0 Å². The van der Waals surface area contributed by atoms with Gasteiger partial charge < -0.3 is 15.5 Å². The third-order valence-corrected chi connectivity index (χ3v) is 3.21. The normalized spacial score (nSPS) is 13.9. The van der Waals surface area contributed by atoms with Crippen LogP contribution in [0.25, 0.3) is 0 Å². The molecule has 0 aliphatic carbocycles. The Bertz CT molecular complexity index is 409. The van der Waals surface area contributed by atoms with E-state index >= 15 is 0 Å². The highest BCUT2D eigenvalue weighted by atomic mass is 35.5. The molecule has 2 N–H and O–H groups in total. The second-order valence-electron chi connectivity index (χ2n) is 4.64. The minimum atomic E-state index is 0. The van der Waals surface area contributed by atoms with E-state index in [9.17, 15) is 4.79 Å². The van der Waals surface area contributed by atoms with Crippen LogP contribution < -0.4 is 15.5 Å². The van der Waals surface area contributed by atoms with Gasteiger partial charge in [0, 0.05) is 13.1 Å². The second-order valence-corrected chi connectivity index (χ2v) is 4.64. The van der Waals surface area contributed by atoms with Gasteiger partial charge in [0.1, 0.15) is 0 Å². The first kappa shape index (κ1) is 19.0. The number of amides is 1. The molecule has 2 rings (SSSR count). The van der Waals surface area contributed by atoms with Gasteiger partial charge in [0.15, 0.2) is 0 Å². The number of piperidine rings is 1. The van der Waals surface area contributed by atoms with E-state index in [1.807, 2.05) is 18.2 Å². The molecule has 0 bridgehead atoms. The monoisotopic (exact) mass is 319 g/mol. The van der Waals surface area contributed by atoms with Gasteiger partial charge in [-0.2, -0.15) is 0 Å². The lowest BCUT2D eigenvalue weighted by Gasteiger charge is -2.30. The van der Waals surface area contributed by atoms with Gasteiger partial charge in [-0.25, -0.2) is 0 Å². The lowest BCUT2D eigenvalue weighted by molar-refractivity contribution is -0.115. The molecule has 1 aromatic rings. The molecular weight excluding hydrogens is 297 g/mol. The van der Waals surface area contributed by atoms with Crippen molar-refractivity contribution >= 4 is 42.1 Å². The Morgan fingerprint density at radius 2 is 1.80 bits per heavy atom. The molecule has 20 heavy (non-hydrogen) atoms. The number of halogens is 2. The first-order valence-electron chi connectivity index (χ1n) is 6.59. The zero-order chi connectivity index (χ0) is 12.8. The summed E-state index contributed by atoms with van der Waals surface area (Å²) in [6, 6.07) is 8.04. The maximum atomic E-state index is 11.7. The number of carbonyl (C=O) groups is 1. The number of carbonyl (C=O) groups excluding carboxylic acids is 1. The summed E-state index contributed by atoms with van der Waals surface area (Å²) >= 11 is 0. The maximum absolute atomic E-state index is 11.7. The van der Waals surface area contributed by atoms with Gasteiger partial charge in [-0.05, 0) is 38.4 Å². The number of nitrogens with zero attached hydrogens (tertiary/aromatic N) is 1. The van der Waals surface area contributed by atoms with Crippen LogP contribution in [0.1, 0.15) is 19.3 Å². The lowest BCUT2D eigenvalue weighted by atomic mass is 10.1. The fourth-order valence-electron chi connectivity index (χ4n) is 2.34. The smallest absolute Gasteiger partial charge is 0.238 e. The zero-order valence-corrected chi connectivity index (χ0v) is 13.4. The molecule has 0 unspecified atom stereocenters. The predicted octanol–water partition coefficient (Wildman–Crippen LogP) is 2.68. The van der Waals surface area contributed by atoms with Gasteiger partial charge in [0.2, 0.25) is 5.91 Å². The zero-order valence-electron chi connectivity index (χ0n) is 11.7. The predicted molar refractivity (Wildman–Crippen MR) is 89.6 cm³/mol. The van der Waals surface area contributed by atoms with Crippen LogP contribution in [0.3, 0.4) is 0 Å². The molecule has 1 aliphatic rings. The maximum Gasteiger partial charge on any atom is 0.238 e. The summed E-state index contributed by atoms with van der Waals surface area (Å²) < 4.78 is 0. The summed E-state index contributed by atoms with van der Waals surface area (Å²) in [5.41, 5.74) is 2.06. The fraction of sp³-hybridized carbons (Fsp3) is 0.500. The van der Waals surface area contributed by atoms with E-state index in [1.54, 1.807) is 7.05 Å². The van der Waals surface area contributed by atoms with Crippen molar-refractivity contribution in [2.45, 2.75) is 19.3 Å². The first-order valence-corrected chi connectivity index (χ1v) is 6.59. The Balaban J connectivity index is 0.00000180. The van der Waals surface area contributed by atoms with Crippen LogP contribution in [-0.2, 0) is 4.79 Å². The topological polar surface area (TPSA) is 44.4 Å². The number of likely N-dealkylation sites (N-methyl/N-ethyl adjacent to an activating group) is 1. The van der Waals surface area contributed by atoms with Crippen molar-refractivity contribution in [1.29, 1.82) is 0 Å². The van der Waals surface area contributed by atoms with E-state index in [0.29, 0.717) is 6.54 Å². The molecule has 0 atom stereocenters. The Kier molecular flexibility index (Phi) is 9.38.